The Morgan fingerprint density at radius 3 is 2.88 bits per heavy atom. The average molecular weight is 246 g/mol. The van der Waals surface area contributed by atoms with Gasteiger partial charge in [0.2, 0.25) is 0 Å². The fourth-order valence-corrected chi connectivity index (χ4v) is 2.76. The molecular weight excluding hydrogens is 228 g/mol. The maximum atomic E-state index is 5.65. The van der Waals surface area contributed by atoms with E-state index in [9.17, 15) is 0 Å². The maximum absolute atomic E-state index is 5.65. The van der Waals surface area contributed by atoms with Crippen molar-refractivity contribution in [2.24, 2.45) is 11.7 Å². The molecule has 2 aromatic rings. The van der Waals surface area contributed by atoms with Crippen LogP contribution >= 0.6 is 11.3 Å². The van der Waals surface area contributed by atoms with Crippen LogP contribution in [0.15, 0.2) is 29.6 Å². The number of benzene rings is 1. The SMILES string of the molecule is CC(C)Cc1nc(-c2cccc(CN)c2)cs1. The second-order valence-corrected chi connectivity index (χ2v) is 5.57. The smallest absolute Gasteiger partial charge is 0.0935 e. The minimum atomic E-state index is 0.580. The van der Waals surface area contributed by atoms with Gasteiger partial charge in [0.15, 0.2) is 0 Å². The molecule has 0 saturated carbocycles. The molecule has 0 bridgehead atoms. The molecule has 1 heterocycles. The van der Waals surface area contributed by atoms with Gasteiger partial charge < -0.3 is 5.73 Å². The molecule has 0 radical (unpaired) electrons. The van der Waals surface area contributed by atoms with Crippen LogP contribution in [0.2, 0.25) is 0 Å². The normalized spacial score (nSPS) is 11.1. The van der Waals surface area contributed by atoms with Crippen molar-refractivity contribution < 1.29 is 0 Å². The van der Waals surface area contributed by atoms with Crippen molar-refractivity contribution in [3.8, 4) is 11.3 Å². The first kappa shape index (κ1) is 12.3. The van der Waals surface area contributed by atoms with Gasteiger partial charge in [0.1, 0.15) is 0 Å². The van der Waals surface area contributed by atoms with Crippen LogP contribution in [-0.4, -0.2) is 4.98 Å². The second kappa shape index (κ2) is 5.43. The third-order valence-electron chi connectivity index (χ3n) is 2.59. The number of nitrogens with two attached hydrogens (primary N) is 1. The molecule has 0 atom stereocenters. The first-order valence-corrected chi connectivity index (χ1v) is 6.81. The highest BCUT2D eigenvalue weighted by Crippen LogP contribution is 2.24. The largest absolute Gasteiger partial charge is 0.326 e. The second-order valence-electron chi connectivity index (χ2n) is 4.63. The van der Waals surface area contributed by atoms with Crippen LogP contribution in [0, 0.1) is 5.92 Å². The molecule has 0 aliphatic rings. The summed E-state index contributed by atoms with van der Waals surface area (Å²) in [5.74, 6) is 0.657. The third kappa shape index (κ3) is 3.14. The van der Waals surface area contributed by atoms with Crippen LogP contribution in [0.5, 0.6) is 0 Å². The summed E-state index contributed by atoms with van der Waals surface area (Å²) in [4.78, 5) is 4.67. The first-order chi connectivity index (χ1) is 8.19. The Morgan fingerprint density at radius 2 is 2.18 bits per heavy atom. The molecule has 17 heavy (non-hydrogen) atoms. The lowest BCUT2D eigenvalue weighted by molar-refractivity contribution is 0.645. The van der Waals surface area contributed by atoms with Crippen molar-refractivity contribution in [3.05, 3.63) is 40.2 Å². The molecule has 3 heteroatoms. The summed E-state index contributed by atoms with van der Waals surface area (Å²) >= 11 is 1.74. The van der Waals surface area contributed by atoms with Gasteiger partial charge in [0, 0.05) is 23.9 Å². The minimum Gasteiger partial charge on any atom is -0.326 e. The Bertz CT molecular complexity index is 488. The number of thiazole rings is 1. The van der Waals surface area contributed by atoms with Gasteiger partial charge in [-0.25, -0.2) is 4.98 Å². The summed E-state index contributed by atoms with van der Waals surface area (Å²) in [6.45, 7) is 5.02. The van der Waals surface area contributed by atoms with Gasteiger partial charge in [0.05, 0.1) is 10.7 Å². The number of nitrogens with zero attached hydrogens (tertiary/aromatic N) is 1. The van der Waals surface area contributed by atoms with E-state index < -0.39 is 0 Å². The van der Waals surface area contributed by atoms with Crippen LogP contribution in [0.3, 0.4) is 0 Å². The molecule has 0 spiro atoms. The number of hydrogen-bond acceptors (Lipinski definition) is 3. The Hall–Kier alpha value is -1.19. The molecule has 1 aromatic carbocycles. The number of rotatable bonds is 4. The van der Waals surface area contributed by atoms with Gasteiger partial charge in [-0.2, -0.15) is 0 Å². The van der Waals surface area contributed by atoms with E-state index in [1.54, 1.807) is 11.3 Å². The number of aromatic nitrogens is 1. The Kier molecular flexibility index (Phi) is 3.92. The summed E-state index contributed by atoms with van der Waals surface area (Å²) in [5, 5.41) is 3.35. The summed E-state index contributed by atoms with van der Waals surface area (Å²) in [6.07, 6.45) is 1.06. The molecular formula is C14H18N2S. The van der Waals surface area contributed by atoms with Crippen LogP contribution in [-0.2, 0) is 13.0 Å². The predicted molar refractivity (Wildman–Crippen MR) is 74.0 cm³/mol. The van der Waals surface area contributed by atoms with E-state index in [-0.39, 0.29) is 0 Å². The van der Waals surface area contributed by atoms with Gasteiger partial charge in [-0.05, 0) is 17.5 Å². The lowest BCUT2D eigenvalue weighted by atomic mass is 10.1. The fraction of sp³-hybridized carbons (Fsp3) is 0.357. The molecule has 0 saturated heterocycles. The third-order valence-corrected chi connectivity index (χ3v) is 3.46. The first-order valence-electron chi connectivity index (χ1n) is 5.93. The molecule has 0 fully saturated rings. The summed E-state index contributed by atoms with van der Waals surface area (Å²) in [5.41, 5.74) is 9.04. The van der Waals surface area contributed by atoms with Crippen molar-refractivity contribution in [1.29, 1.82) is 0 Å². The molecule has 0 unspecified atom stereocenters. The predicted octanol–water partition coefficient (Wildman–Crippen LogP) is 3.47. The van der Waals surface area contributed by atoms with Crippen LogP contribution < -0.4 is 5.73 Å². The van der Waals surface area contributed by atoms with E-state index in [4.69, 9.17) is 5.73 Å². The van der Waals surface area contributed by atoms with Crippen LogP contribution in [0.4, 0.5) is 0 Å². The molecule has 90 valence electrons. The highest BCUT2D eigenvalue weighted by Gasteiger charge is 2.06. The van der Waals surface area contributed by atoms with E-state index in [2.05, 4.69) is 36.3 Å². The maximum Gasteiger partial charge on any atom is 0.0935 e. The van der Waals surface area contributed by atoms with Gasteiger partial charge in [-0.3, -0.25) is 0 Å². The highest BCUT2D eigenvalue weighted by molar-refractivity contribution is 7.09. The van der Waals surface area contributed by atoms with E-state index in [0.717, 1.165) is 17.7 Å². The Labute approximate surface area is 107 Å². The van der Waals surface area contributed by atoms with Crippen molar-refractivity contribution in [2.45, 2.75) is 26.8 Å². The minimum absolute atomic E-state index is 0.580. The van der Waals surface area contributed by atoms with Crippen LogP contribution in [0.1, 0.15) is 24.4 Å². The molecule has 0 aliphatic carbocycles. The van der Waals surface area contributed by atoms with Crippen molar-refractivity contribution in [2.75, 3.05) is 0 Å². The van der Waals surface area contributed by atoms with E-state index >= 15 is 0 Å². The fourth-order valence-electron chi connectivity index (χ4n) is 1.74. The zero-order chi connectivity index (χ0) is 12.3. The van der Waals surface area contributed by atoms with Crippen LogP contribution in [0.25, 0.3) is 11.3 Å². The summed E-state index contributed by atoms with van der Waals surface area (Å²) in [7, 11) is 0. The monoisotopic (exact) mass is 246 g/mol. The van der Waals surface area contributed by atoms with E-state index in [0.29, 0.717) is 12.5 Å². The van der Waals surface area contributed by atoms with Crippen molar-refractivity contribution in [3.63, 3.8) is 0 Å². The topological polar surface area (TPSA) is 38.9 Å². The van der Waals surface area contributed by atoms with Crippen molar-refractivity contribution >= 4 is 11.3 Å². The van der Waals surface area contributed by atoms with Gasteiger partial charge in [-0.1, -0.05) is 32.0 Å². The van der Waals surface area contributed by atoms with Gasteiger partial charge in [0.25, 0.3) is 0 Å². The van der Waals surface area contributed by atoms with Crippen molar-refractivity contribution in [1.82, 2.24) is 4.98 Å². The zero-order valence-corrected chi connectivity index (χ0v) is 11.1. The highest BCUT2D eigenvalue weighted by atomic mass is 32.1. The molecule has 0 amide bonds. The average Bonchev–Trinajstić information content (AvgIpc) is 2.77. The standard InChI is InChI=1S/C14H18N2S/c1-10(2)6-14-16-13(9-17-14)12-5-3-4-11(7-12)8-15/h3-5,7,9-10H,6,8,15H2,1-2H3. The molecule has 2 N–H and O–H groups in total. The lowest BCUT2D eigenvalue weighted by Gasteiger charge is -2.01. The number of hydrogen-bond donors (Lipinski definition) is 1. The quantitative estimate of drug-likeness (QED) is 0.897. The molecule has 1 aromatic heterocycles. The Morgan fingerprint density at radius 1 is 1.35 bits per heavy atom. The summed E-state index contributed by atoms with van der Waals surface area (Å²) in [6, 6.07) is 8.30. The lowest BCUT2D eigenvalue weighted by Crippen LogP contribution is -1.96. The van der Waals surface area contributed by atoms with E-state index in [1.165, 1.54) is 10.6 Å². The van der Waals surface area contributed by atoms with E-state index in [1.807, 2.05) is 12.1 Å². The van der Waals surface area contributed by atoms with Gasteiger partial charge >= 0.3 is 0 Å². The zero-order valence-electron chi connectivity index (χ0n) is 10.3. The molecule has 0 aliphatic heterocycles. The summed E-state index contributed by atoms with van der Waals surface area (Å²) < 4.78 is 0. The molecule has 2 rings (SSSR count). The Balaban J connectivity index is 2.24. The van der Waals surface area contributed by atoms with Gasteiger partial charge in [-0.15, -0.1) is 11.3 Å². The molecule has 2 nitrogen and oxygen atoms in total.